The first-order chi connectivity index (χ1) is 12.2. The first kappa shape index (κ1) is 18.9. The monoisotopic (exact) mass is 405 g/mol. The third-order valence-corrected chi connectivity index (χ3v) is 5.18. The molecular weight excluding hydrogens is 389 g/mol. The first-order valence-corrected chi connectivity index (χ1v) is 9.28. The van der Waals surface area contributed by atoms with Crippen LogP contribution in [-0.2, 0) is 6.42 Å². The third kappa shape index (κ3) is 3.94. The number of rotatable bonds is 4. The van der Waals surface area contributed by atoms with Gasteiger partial charge in [0, 0.05) is 10.8 Å². The van der Waals surface area contributed by atoms with Crippen LogP contribution in [0.3, 0.4) is 0 Å². The number of hydrogen-bond acceptors (Lipinski definition) is 5. The van der Waals surface area contributed by atoms with Gasteiger partial charge >= 0.3 is 0 Å². The maximum Gasteiger partial charge on any atom is 0.212 e. The molecule has 1 aliphatic heterocycles. The molecule has 134 valence electrons. The van der Waals surface area contributed by atoms with Crippen LogP contribution in [0.15, 0.2) is 64.9 Å². The lowest BCUT2D eigenvalue weighted by Crippen LogP contribution is -2.21. The lowest BCUT2D eigenvalue weighted by molar-refractivity contribution is 0.606. The van der Waals surface area contributed by atoms with Gasteiger partial charge in [-0.2, -0.15) is 9.78 Å². The smallest absolute Gasteiger partial charge is 0.212 e. The molecule has 1 aliphatic rings. The second-order valence-corrected chi connectivity index (χ2v) is 7.17. The zero-order chi connectivity index (χ0) is 17.2. The second kappa shape index (κ2) is 8.22. The number of nitrogens with zero attached hydrogens (tertiary/aromatic N) is 4. The summed E-state index contributed by atoms with van der Waals surface area (Å²) in [5.41, 5.74) is 9.55. The van der Waals surface area contributed by atoms with Crippen LogP contribution in [0.5, 0.6) is 0 Å². The van der Waals surface area contributed by atoms with Crippen LogP contribution in [0.2, 0.25) is 5.02 Å². The second-order valence-electron chi connectivity index (χ2n) is 5.79. The van der Waals surface area contributed by atoms with Crippen LogP contribution in [0.25, 0.3) is 0 Å². The summed E-state index contributed by atoms with van der Waals surface area (Å²) in [6.07, 6.45) is 0.690. The highest BCUT2D eigenvalue weighted by Crippen LogP contribution is 2.27. The molecule has 0 bridgehead atoms. The molecule has 0 spiro atoms. The van der Waals surface area contributed by atoms with Crippen molar-refractivity contribution in [2.75, 3.05) is 5.75 Å². The normalized spacial score (nSPS) is 14.2. The molecule has 4 rings (SSSR count). The summed E-state index contributed by atoms with van der Waals surface area (Å²) in [7, 11) is 0. The van der Waals surface area contributed by atoms with Gasteiger partial charge < -0.3 is 5.73 Å². The van der Waals surface area contributed by atoms with Gasteiger partial charge in [0.2, 0.25) is 5.16 Å². The summed E-state index contributed by atoms with van der Waals surface area (Å²) in [6, 6.07) is 17.5. The van der Waals surface area contributed by atoms with Gasteiger partial charge in [-0.25, -0.2) is 0 Å². The van der Waals surface area contributed by atoms with E-state index in [1.807, 2.05) is 42.5 Å². The molecule has 0 radical (unpaired) electrons. The highest BCUT2D eigenvalue weighted by atomic mass is 35.5. The Balaban J connectivity index is 0.00000196. The van der Waals surface area contributed by atoms with Crippen molar-refractivity contribution in [1.82, 2.24) is 14.9 Å². The van der Waals surface area contributed by atoms with E-state index in [2.05, 4.69) is 22.3 Å². The number of thioether (sulfide) groups is 1. The topological polar surface area (TPSA) is 69.1 Å². The molecule has 26 heavy (non-hydrogen) atoms. The van der Waals surface area contributed by atoms with Crippen molar-refractivity contribution in [3.05, 3.63) is 76.6 Å². The summed E-state index contributed by atoms with van der Waals surface area (Å²) < 4.78 is 1.77. The van der Waals surface area contributed by atoms with Crippen molar-refractivity contribution in [1.29, 1.82) is 0 Å². The minimum atomic E-state index is -0.266. The Kier molecular flexibility index (Phi) is 5.98. The zero-order valence-electron chi connectivity index (χ0n) is 13.7. The van der Waals surface area contributed by atoms with E-state index in [0.717, 1.165) is 27.7 Å². The van der Waals surface area contributed by atoms with Crippen LogP contribution < -0.4 is 5.73 Å². The molecule has 1 aromatic heterocycles. The zero-order valence-corrected chi connectivity index (χ0v) is 16.1. The average Bonchev–Trinajstić information content (AvgIpc) is 3.06. The molecule has 1 atom stereocenters. The van der Waals surface area contributed by atoms with Crippen LogP contribution in [0.4, 0.5) is 0 Å². The van der Waals surface area contributed by atoms with Crippen LogP contribution in [-0.4, -0.2) is 26.3 Å². The SMILES string of the molecule is Cl.N[C@@H](Cc1ccccc1)c1nnc2n1N=C(c1ccc(Cl)cc1)CS2. The van der Waals surface area contributed by atoms with E-state index in [4.69, 9.17) is 22.4 Å². The van der Waals surface area contributed by atoms with E-state index in [1.165, 1.54) is 0 Å². The van der Waals surface area contributed by atoms with Gasteiger partial charge in [-0.3, -0.25) is 0 Å². The fourth-order valence-electron chi connectivity index (χ4n) is 2.72. The fraction of sp³-hybridized carbons (Fsp3) is 0.167. The molecular formula is C18H17Cl2N5S. The molecule has 0 fully saturated rings. The largest absolute Gasteiger partial charge is 0.321 e. The quantitative estimate of drug-likeness (QED) is 0.712. The maximum absolute atomic E-state index is 6.38. The van der Waals surface area contributed by atoms with Gasteiger partial charge in [0.1, 0.15) is 0 Å². The van der Waals surface area contributed by atoms with Crippen LogP contribution >= 0.6 is 35.8 Å². The van der Waals surface area contributed by atoms with Gasteiger partial charge in [-0.1, -0.05) is 65.8 Å². The lowest BCUT2D eigenvalue weighted by Gasteiger charge is -2.16. The predicted octanol–water partition coefficient (Wildman–Crippen LogP) is 3.95. The molecule has 2 aromatic carbocycles. The van der Waals surface area contributed by atoms with Crippen LogP contribution in [0, 0.1) is 0 Å². The molecule has 3 aromatic rings. The molecule has 2 N–H and O–H groups in total. The van der Waals surface area contributed by atoms with Crippen molar-refractivity contribution in [2.45, 2.75) is 17.6 Å². The maximum atomic E-state index is 6.38. The molecule has 0 aliphatic carbocycles. The van der Waals surface area contributed by atoms with Crippen molar-refractivity contribution >= 4 is 41.5 Å². The first-order valence-electron chi connectivity index (χ1n) is 7.92. The Morgan fingerprint density at radius 1 is 1.08 bits per heavy atom. The lowest BCUT2D eigenvalue weighted by atomic mass is 10.1. The molecule has 8 heteroatoms. The number of aromatic nitrogens is 3. The van der Waals surface area contributed by atoms with Crippen molar-refractivity contribution in [2.24, 2.45) is 10.8 Å². The van der Waals surface area contributed by atoms with Crippen molar-refractivity contribution in [3.8, 4) is 0 Å². The van der Waals surface area contributed by atoms with Gasteiger partial charge in [0.15, 0.2) is 5.82 Å². The number of fused-ring (bicyclic) bond motifs is 1. The van der Waals surface area contributed by atoms with Gasteiger partial charge in [-0.15, -0.1) is 22.6 Å². The average molecular weight is 406 g/mol. The summed E-state index contributed by atoms with van der Waals surface area (Å²) in [5, 5.41) is 14.7. The van der Waals surface area contributed by atoms with Crippen LogP contribution in [0.1, 0.15) is 23.0 Å². The molecule has 0 saturated carbocycles. The summed E-state index contributed by atoms with van der Waals surface area (Å²) >= 11 is 7.58. The van der Waals surface area contributed by atoms with Crippen molar-refractivity contribution in [3.63, 3.8) is 0 Å². The highest BCUT2D eigenvalue weighted by molar-refractivity contribution is 7.99. The van der Waals surface area contributed by atoms with Gasteiger partial charge in [-0.05, 0) is 29.7 Å². The van der Waals surface area contributed by atoms with E-state index in [9.17, 15) is 0 Å². The van der Waals surface area contributed by atoms with Gasteiger partial charge in [0.25, 0.3) is 0 Å². The molecule has 0 unspecified atom stereocenters. The third-order valence-electron chi connectivity index (χ3n) is 4.00. The predicted molar refractivity (Wildman–Crippen MR) is 108 cm³/mol. The van der Waals surface area contributed by atoms with E-state index < -0.39 is 0 Å². The number of halogens is 2. The highest BCUT2D eigenvalue weighted by Gasteiger charge is 2.23. The summed E-state index contributed by atoms with van der Waals surface area (Å²) in [6.45, 7) is 0. The van der Waals surface area contributed by atoms with E-state index >= 15 is 0 Å². The van der Waals surface area contributed by atoms with Gasteiger partial charge in [0.05, 0.1) is 11.8 Å². The molecule has 0 amide bonds. The van der Waals surface area contributed by atoms with Crippen molar-refractivity contribution < 1.29 is 0 Å². The Morgan fingerprint density at radius 2 is 1.81 bits per heavy atom. The van der Waals surface area contributed by atoms with E-state index in [1.54, 1.807) is 16.4 Å². The van der Waals surface area contributed by atoms with E-state index in [0.29, 0.717) is 17.3 Å². The Hall–Kier alpha value is -1.86. The summed E-state index contributed by atoms with van der Waals surface area (Å²) in [5.74, 6) is 1.42. The fourth-order valence-corrected chi connectivity index (χ4v) is 3.69. The number of hydrogen-bond donors (Lipinski definition) is 1. The Labute approximate surface area is 167 Å². The minimum Gasteiger partial charge on any atom is -0.321 e. The molecule has 2 heterocycles. The Bertz CT molecular complexity index is 909. The van der Waals surface area contributed by atoms with E-state index in [-0.39, 0.29) is 18.4 Å². The number of nitrogens with two attached hydrogens (primary N) is 1. The minimum absolute atomic E-state index is 0. The molecule has 5 nitrogen and oxygen atoms in total. The number of benzene rings is 2. The molecule has 0 saturated heterocycles. The Morgan fingerprint density at radius 3 is 2.54 bits per heavy atom. The standard InChI is InChI=1S/C18H16ClN5S.ClH/c19-14-8-6-13(7-9-14)16-11-25-18-22-21-17(24(18)23-16)15(20)10-12-4-2-1-3-5-12;/h1-9,15H,10-11,20H2;1H/t15-;/m0./s1. The summed E-state index contributed by atoms with van der Waals surface area (Å²) in [4.78, 5) is 0.